The van der Waals surface area contributed by atoms with Crippen LogP contribution in [0, 0.1) is 0 Å². The van der Waals surface area contributed by atoms with E-state index in [1.165, 1.54) is 37.4 Å². The number of fused-ring (bicyclic) bond motifs is 1. The molecule has 0 radical (unpaired) electrons. The first-order valence-corrected chi connectivity index (χ1v) is 11.2. The predicted molar refractivity (Wildman–Crippen MR) is 114 cm³/mol. The minimum absolute atomic E-state index is 0.126. The topological polar surface area (TPSA) is 88.8 Å². The quantitative estimate of drug-likeness (QED) is 0.624. The predicted octanol–water partition coefficient (Wildman–Crippen LogP) is 2.75. The zero-order valence-corrected chi connectivity index (χ0v) is 17.4. The SMILES string of the molecule is CSc1ncccc1C(=O)NCCn1ncc2c(N3CCCCCC3)ncnc21. The number of rotatable bonds is 6. The number of pyridine rings is 1. The Bertz CT molecular complexity index is 982. The third kappa shape index (κ3) is 4.34. The maximum atomic E-state index is 12.5. The average molecular weight is 412 g/mol. The van der Waals surface area contributed by atoms with Crippen LogP contribution >= 0.6 is 11.8 Å². The molecule has 3 aromatic heterocycles. The molecule has 1 saturated heterocycles. The van der Waals surface area contributed by atoms with Gasteiger partial charge in [0, 0.05) is 25.8 Å². The van der Waals surface area contributed by atoms with Gasteiger partial charge in [-0.1, -0.05) is 12.8 Å². The molecule has 1 N–H and O–H groups in total. The van der Waals surface area contributed by atoms with Crippen molar-refractivity contribution in [2.45, 2.75) is 37.3 Å². The lowest BCUT2D eigenvalue weighted by molar-refractivity contribution is 0.0948. The molecule has 152 valence electrons. The molecule has 29 heavy (non-hydrogen) atoms. The van der Waals surface area contributed by atoms with Gasteiger partial charge in [-0.25, -0.2) is 19.6 Å². The highest BCUT2D eigenvalue weighted by atomic mass is 32.2. The Kier molecular flexibility index (Phi) is 6.24. The third-order valence-corrected chi connectivity index (χ3v) is 5.85. The van der Waals surface area contributed by atoms with Crippen molar-refractivity contribution >= 4 is 34.5 Å². The number of anilines is 1. The molecule has 0 atom stereocenters. The van der Waals surface area contributed by atoms with Crippen LogP contribution in [0.3, 0.4) is 0 Å². The monoisotopic (exact) mass is 411 g/mol. The number of aromatic nitrogens is 5. The van der Waals surface area contributed by atoms with Gasteiger partial charge in [0.15, 0.2) is 5.65 Å². The lowest BCUT2D eigenvalue weighted by atomic mass is 10.2. The van der Waals surface area contributed by atoms with Gasteiger partial charge in [-0.05, 0) is 31.2 Å². The van der Waals surface area contributed by atoms with Crippen LogP contribution in [0.4, 0.5) is 5.82 Å². The number of carbonyl (C=O) groups is 1. The molecule has 9 heteroatoms. The van der Waals surface area contributed by atoms with Crippen molar-refractivity contribution in [1.29, 1.82) is 0 Å². The summed E-state index contributed by atoms with van der Waals surface area (Å²) in [4.78, 5) is 28.0. The van der Waals surface area contributed by atoms with E-state index in [0.717, 1.165) is 35.0 Å². The second-order valence-electron chi connectivity index (χ2n) is 7.02. The van der Waals surface area contributed by atoms with Gasteiger partial charge in [0.05, 0.1) is 23.7 Å². The molecule has 1 fully saturated rings. The fourth-order valence-electron chi connectivity index (χ4n) is 3.68. The van der Waals surface area contributed by atoms with Crippen LogP contribution in [0.2, 0.25) is 0 Å². The minimum Gasteiger partial charge on any atom is -0.356 e. The molecule has 0 spiro atoms. The lowest BCUT2D eigenvalue weighted by Gasteiger charge is -2.21. The molecule has 1 amide bonds. The molecule has 1 aliphatic rings. The first-order valence-electron chi connectivity index (χ1n) is 9.96. The van der Waals surface area contributed by atoms with Gasteiger partial charge in [0.2, 0.25) is 0 Å². The van der Waals surface area contributed by atoms with Crippen LogP contribution < -0.4 is 10.2 Å². The summed E-state index contributed by atoms with van der Waals surface area (Å²) in [6, 6.07) is 3.56. The number of thioether (sulfide) groups is 1. The Labute approximate surface area is 174 Å². The molecule has 8 nitrogen and oxygen atoms in total. The molecule has 0 saturated carbocycles. The zero-order valence-electron chi connectivity index (χ0n) is 16.5. The van der Waals surface area contributed by atoms with Crippen molar-refractivity contribution in [3.05, 3.63) is 36.4 Å². The molecular weight excluding hydrogens is 386 g/mol. The number of amides is 1. The van der Waals surface area contributed by atoms with Crippen LogP contribution in [0.25, 0.3) is 11.0 Å². The molecule has 0 unspecified atom stereocenters. The summed E-state index contributed by atoms with van der Waals surface area (Å²) >= 11 is 1.46. The van der Waals surface area contributed by atoms with E-state index in [1.807, 2.05) is 17.1 Å². The molecule has 4 heterocycles. The Hall–Kier alpha value is -2.68. The van der Waals surface area contributed by atoms with Crippen molar-refractivity contribution < 1.29 is 4.79 Å². The number of hydrogen-bond acceptors (Lipinski definition) is 7. The molecular formula is C20H25N7OS. The maximum Gasteiger partial charge on any atom is 0.254 e. The van der Waals surface area contributed by atoms with Gasteiger partial charge in [0.25, 0.3) is 5.91 Å². The summed E-state index contributed by atoms with van der Waals surface area (Å²) < 4.78 is 1.83. The van der Waals surface area contributed by atoms with Gasteiger partial charge in [-0.15, -0.1) is 11.8 Å². The van der Waals surface area contributed by atoms with E-state index in [1.54, 1.807) is 24.7 Å². The third-order valence-electron chi connectivity index (χ3n) is 5.14. The first kappa shape index (κ1) is 19.6. The number of nitrogens with one attached hydrogen (secondary N) is 1. The van der Waals surface area contributed by atoms with Crippen molar-refractivity contribution in [2.75, 3.05) is 30.8 Å². The van der Waals surface area contributed by atoms with E-state index < -0.39 is 0 Å². The second-order valence-corrected chi connectivity index (χ2v) is 7.81. The highest BCUT2D eigenvalue weighted by Gasteiger charge is 2.17. The summed E-state index contributed by atoms with van der Waals surface area (Å²) in [5, 5.41) is 9.15. The second kappa shape index (κ2) is 9.21. The normalized spacial score (nSPS) is 14.7. The largest absolute Gasteiger partial charge is 0.356 e. The Morgan fingerprint density at radius 2 is 2.00 bits per heavy atom. The van der Waals surface area contributed by atoms with Gasteiger partial charge in [0.1, 0.15) is 17.2 Å². The number of carbonyl (C=O) groups excluding carboxylic acids is 1. The summed E-state index contributed by atoms with van der Waals surface area (Å²) in [7, 11) is 0. The fraction of sp³-hybridized carbons (Fsp3) is 0.450. The summed E-state index contributed by atoms with van der Waals surface area (Å²) in [6.07, 6.45) is 12.0. The van der Waals surface area contributed by atoms with E-state index >= 15 is 0 Å². The fourth-order valence-corrected chi connectivity index (χ4v) is 4.22. The molecule has 0 aromatic carbocycles. The standard InChI is InChI=1S/C20H25N7OS/c1-29-20-15(7-6-8-22-20)19(28)21-9-12-27-18-16(13-25-27)17(23-14-24-18)26-10-4-2-3-5-11-26/h6-8,13-14H,2-5,9-12H2,1H3,(H,21,28). The van der Waals surface area contributed by atoms with Crippen LogP contribution in [0.15, 0.2) is 35.9 Å². The molecule has 0 bridgehead atoms. The molecule has 4 rings (SSSR count). The zero-order chi connectivity index (χ0) is 20.1. The van der Waals surface area contributed by atoms with Crippen molar-refractivity contribution in [3.8, 4) is 0 Å². The summed E-state index contributed by atoms with van der Waals surface area (Å²) in [5.74, 6) is 0.839. The van der Waals surface area contributed by atoms with Gasteiger partial charge < -0.3 is 10.2 Å². The number of hydrogen-bond donors (Lipinski definition) is 1. The number of nitrogens with zero attached hydrogens (tertiary/aromatic N) is 6. The van der Waals surface area contributed by atoms with E-state index in [9.17, 15) is 4.79 Å². The van der Waals surface area contributed by atoms with E-state index in [2.05, 4.69) is 30.3 Å². The van der Waals surface area contributed by atoms with E-state index in [-0.39, 0.29) is 5.91 Å². The molecule has 1 aliphatic heterocycles. The first-order chi connectivity index (χ1) is 14.3. The van der Waals surface area contributed by atoms with Crippen molar-refractivity contribution in [2.24, 2.45) is 0 Å². The maximum absolute atomic E-state index is 12.5. The highest BCUT2D eigenvalue weighted by molar-refractivity contribution is 7.98. The highest BCUT2D eigenvalue weighted by Crippen LogP contribution is 2.25. The van der Waals surface area contributed by atoms with Crippen LogP contribution in [0.1, 0.15) is 36.0 Å². The minimum atomic E-state index is -0.126. The lowest BCUT2D eigenvalue weighted by Crippen LogP contribution is -2.28. The van der Waals surface area contributed by atoms with Crippen LogP contribution in [-0.2, 0) is 6.54 Å². The summed E-state index contributed by atoms with van der Waals surface area (Å²) in [5.41, 5.74) is 1.40. The van der Waals surface area contributed by atoms with Crippen LogP contribution in [-0.4, -0.2) is 56.5 Å². The molecule has 3 aromatic rings. The van der Waals surface area contributed by atoms with Crippen LogP contribution in [0.5, 0.6) is 0 Å². The Balaban J connectivity index is 1.45. The average Bonchev–Trinajstić information content (AvgIpc) is 2.98. The summed E-state index contributed by atoms with van der Waals surface area (Å²) in [6.45, 7) is 3.05. The van der Waals surface area contributed by atoms with Crippen molar-refractivity contribution in [3.63, 3.8) is 0 Å². The van der Waals surface area contributed by atoms with Gasteiger partial charge in [-0.3, -0.25) is 4.79 Å². The van der Waals surface area contributed by atoms with E-state index in [0.29, 0.717) is 18.7 Å². The smallest absolute Gasteiger partial charge is 0.254 e. The van der Waals surface area contributed by atoms with E-state index in [4.69, 9.17) is 0 Å². The van der Waals surface area contributed by atoms with Crippen molar-refractivity contribution in [1.82, 2.24) is 30.0 Å². The Morgan fingerprint density at radius 3 is 2.79 bits per heavy atom. The van der Waals surface area contributed by atoms with Gasteiger partial charge >= 0.3 is 0 Å². The Morgan fingerprint density at radius 1 is 1.17 bits per heavy atom. The van der Waals surface area contributed by atoms with Gasteiger partial charge in [-0.2, -0.15) is 5.10 Å². The molecule has 0 aliphatic carbocycles.